The minimum absolute atomic E-state index is 0.769. The molecule has 2 aliphatic carbocycles. The van der Waals surface area contributed by atoms with E-state index in [0.29, 0.717) is 0 Å². The van der Waals surface area contributed by atoms with Crippen molar-refractivity contribution in [1.29, 1.82) is 0 Å². The highest BCUT2D eigenvalue weighted by Gasteiger charge is 2.40. The molecule has 0 nitrogen and oxygen atoms in total. The van der Waals surface area contributed by atoms with Crippen LogP contribution >= 0.6 is 0 Å². The van der Waals surface area contributed by atoms with Crippen LogP contribution in [0.1, 0.15) is 42.7 Å². The van der Waals surface area contributed by atoms with E-state index in [1.54, 1.807) is 11.1 Å². The van der Waals surface area contributed by atoms with Gasteiger partial charge in [0.05, 0.1) is 0 Å². The molecular weight excluding hydrogens is 240 g/mol. The van der Waals surface area contributed by atoms with Gasteiger partial charge in [0, 0.05) is 0 Å². The summed E-state index contributed by atoms with van der Waals surface area (Å²) in [5.41, 5.74) is 6.39. The van der Waals surface area contributed by atoms with Gasteiger partial charge in [0.25, 0.3) is 0 Å². The summed E-state index contributed by atoms with van der Waals surface area (Å²) in [7, 11) is 0. The van der Waals surface area contributed by atoms with Crippen molar-refractivity contribution < 1.29 is 0 Å². The molecule has 2 aromatic rings. The third kappa shape index (κ3) is 1.91. The largest absolute Gasteiger partial charge is 0.0622 e. The summed E-state index contributed by atoms with van der Waals surface area (Å²) in [6.45, 7) is 0. The summed E-state index contributed by atoms with van der Waals surface area (Å²) in [4.78, 5) is 0. The molecule has 0 amide bonds. The van der Waals surface area contributed by atoms with Crippen LogP contribution in [0.15, 0.2) is 66.2 Å². The predicted molar refractivity (Wildman–Crippen MR) is 84.5 cm³/mol. The number of benzene rings is 2. The second-order valence-electron chi connectivity index (χ2n) is 6.09. The lowest BCUT2D eigenvalue weighted by Crippen LogP contribution is -2.30. The standard InChI is InChI=1S/C20H20/c1-3-8-15(9-4-1)17-12-7-13-18-19(14-20(17)18)16-10-5-2-6-11-16/h1-6,8-11,18-19H,7,12-14H2/t18-,19+/m0/s1. The highest BCUT2D eigenvalue weighted by Crippen LogP contribution is 2.55. The molecule has 0 heterocycles. The monoisotopic (exact) mass is 260 g/mol. The lowest BCUT2D eigenvalue weighted by Gasteiger charge is -2.45. The van der Waals surface area contributed by atoms with E-state index in [0.717, 1.165) is 11.8 Å². The van der Waals surface area contributed by atoms with Crippen LogP contribution in [0, 0.1) is 5.92 Å². The zero-order chi connectivity index (χ0) is 13.4. The molecule has 0 saturated heterocycles. The van der Waals surface area contributed by atoms with E-state index in [9.17, 15) is 0 Å². The molecule has 1 saturated carbocycles. The summed E-state index contributed by atoms with van der Waals surface area (Å²) in [6.07, 6.45) is 5.28. The van der Waals surface area contributed by atoms with Gasteiger partial charge in [-0.3, -0.25) is 0 Å². The van der Waals surface area contributed by atoms with E-state index in [4.69, 9.17) is 0 Å². The van der Waals surface area contributed by atoms with Crippen molar-refractivity contribution in [2.24, 2.45) is 5.92 Å². The van der Waals surface area contributed by atoms with Crippen molar-refractivity contribution in [3.05, 3.63) is 77.4 Å². The zero-order valence-corrected chi connectivity index (χ0v) is 11.8. The first kappa shape index (κ1) is 12.0. The Hall–Kier alpha value is -1.82. The molecule has 100 valence electrons. The molecular formula is C20H20. The van der Waals surface area contributed by atoms with Crippen LogP contribution < -0.4 is 0 Å². The fourth-order valence-electron chi connectivity index (χ4n) is 4.01. The van der Waals surface area contributed by atoms with Gasteiger partial charge in [-0.25, -0.2) is 0 Å². The van der Waals surface area contributed by atoms with E-state index in [1.807, 2.05) is 0 Å². The lowest BCUT2D eigenvalue weighted by atomic mass is 9.59. The molecule has 4 rings (SSSR count). The van der Waals surface area contributed by atoms with Crippen molar-refractivity contribution >= 4 is 5.57 Å². The molecule has 0 unspecified atom stereocenters. The maximum atomic E-state index is 2.30. The molecule has 0 heteroatoms. The first-order valence-corrected chi connectivity index (χ1v) is 7.76. The summed E-state index contributed by atoms with van der Waals surface area (Å²) >= 11 is 0. The van der Waals surface area contributed by atoms with Crippen molar-refractivity contribution in [3.63, 3.8) is 0 Å². The maximum Gasteiger partial charge on any atom is -0.00586 e. The van der Waals surface area contributed by atoms with Gasteiger partial charge in [-0.15, -0.1) is 0 Å². The Balaban J connectivity index is 1.66. The maximum absolute atomic E-state index is 2.30. The number of rotatable bonds is 2. The molecule has 0 radical (unpaired) electrons. The SMILES string of the molecule is c1ccc(C2=C3C[C@H](c4ccccc4)[C@@H]3CCC2)cc1. The van der Waals surface area contributed by atoms with Gasteiger partial charge in [0.2, 0.25) is 0 Å². The van der Waals surface area contributed by atoms with E-state index in [2.05, 4.69) is 60.7 Å². The topological polar surface area (TPSA) is 0 Å². The molecule has 20 heavy (non-hydrogen) atoms. The van der Waals surface area contributed by atoms with Crippen molar-refractivity contribution in [3.8, 4) is 0 Å². The molecule has 2 atom stereocenters. The molecule has 2 aliphatic rings. The quantitative estimate of drug-likeness (QED) is 0.675. The van der Waals surface area contributed by atoms with Gasteiger partial charge in [-0.2, -0.15) is 0 Å². The van der Waals surface area contributed by atoms with Crippen LogP contribution in [0.2, 0.25) is 0 Å². The van der Waals surface area contributed by atoms with Gasteiger partial charge < -0.3 is 0 Å². The second kappa shape index (κ2) is 4.94. The number of allylic oxidation sites excluding steroid dienone is 2. The summed E-state index contributed by atoms with van der Waals surface area (Å²) in [5.74, 6) is 1.58. The van der Waals surface area contributed by atoms with Crippen molar-refractivity contribution in [1.82, 2.24) is 0 Å². The molecule has 0 aromatic heterocycles. The molecule has 0 aliphatic heterocycles. The lowest BCUT2D eigenvalue weighted by molar-refractivity contribution is 0.328. The summed E-state index contributed by atoms with van der Waals surface area (Å²) < 4.78 is 0. The minimum atomic E-state index is 0.769. The normalized spacial score (nSPS) is 25.0. The number of hydrogen-bond acceptors (Lipinski definition) is 0. The summed E-state index contributed by atoms with van der Waals surface area (Å²) in [5, 5.41) is 0. The smallest absolute Gasteiger partial charge is 0.00586 e. The Kier molecular flexibility index (Phi) is 2.95. The van der Waals surface area contributed by atoms with Gasteiger partial charge in [0.1, 0.15) is 0 Å². The molecule has 0 N–H and O–H groups in total. The van der Waals surface area contributed by atoms with Gasteiger partial charge in [0.15, 0.2) is 0 Å². The van der Waals surface area contributed by atoms with Crippen LogP contribution in [-0.2, 0) is 0 Å². The number of fused-ring (bicyclic) bond motifs is 1. The fraction of sp³-hybridized carbons (Fsp3) is 0.300. The Morgan fingerprint density at radius 3 is 2.20 bits per heavy atom. The van der Waals surface area contributed by atoms with Gasteiger partial charge in [-0.05, 0) is 54.2 Å². The van der Waals surface area contributed by atoms with Crippen LogP contribution in [-0.4, -0.2) is 0 Å². The second-order valence-corrected chi connectivity index (χ2v) is 6.09. The Labute approximate surface area is 121 Å². The van der Waals surface area contributed by atoms with E-state index in [1.165, 1.54) is 36.8 Å². The molecule has 1 fully saturated rings. The van der Waals surface area contributed by atoms with Gasteiger partial charge >= 0.3 is 0 Å². The molecule has 2 aromatic carbocycles. The Bertz CT molecular complexity index is 622. The average molecular weight is 260 g/mol. The minimum Gasteiger partial charge on any atom is -0.0622 e. The van der Waals surface area contributed by atoms with E-state index < -0.39 is 0 Å². The van der Waals surface area contributed by atoms with Crippen LogP contribution in [0.3, 0.4) is 0 Å². The van der Waals surface area contributed by atoms with Crippen molar-refractivity contribution in [2.75, 3.05) is 0 Å². The highest BCUT2D eigenvalue weighted by atomic mass is 14.4. The van der Waals surface area contributed by atoms with Crippen LogP contribution in [0.25, 0.3) is 5.57 Å². The van der Waals surface area contributed by atoms with Crippen LogP contribution in [0.5, 0.6) is 0 Å². The molecule has 0 bridgehead atoms. The fourth-order valence-corrected chi connectivity index (χ4v) is 4.01. The van der Waals surface area contributed by atoms with Gasteiger partial charge in [-0.1, -0.05) is 66.2 Å². The first-order valence-electron chi connectivity index (χ1n) is 7.76. The van der Waals surface area contributed by atoms with Crippen molar-refractivity contribution in [2.45, 2.75) is 31.6 Å². The third-order valence-corrected chi connectivity index (χ3v) is 5.05. The Morgan fingerprint density at radius 2 is 1.45 bits per heavy atom. The molecule has 0 spiro atoms. The average Bonchev–Trinajstić information content (AvgIpc) is 2.50. The number of hydrogen-bond donors (Lipinski definition) is 0. The first-order chi connectivity index (χ1) is 9.93. The predicted octanol–water partition coefficient (Wildman–Crippen LogP) is 5.43. The van der Waals surface area contributed by atoms with Crippen LogP contribution in [0.4, 0.5) is 0 Å². The zero-order valence-electron chi connectivity index (χ0n) is 11.8. The van der Waals surface area contributed by atoms with E-state index >= 15 is 0 Å². The Morgan fingerprint density at radius 1 is 0.750 bits per heavy atom. The third-order valence-electron chi connectivity index (χ3n) is 5.05. The summed E-state index contributed by atoms with van der Waals surface area (Å²) in [6, 6.07) is 22.1. The highest BCUT2D eigenvalue weighted by molar-refractivity contribution is 5.72. The van der Waals surface area contributed by atoms with E-state index in [-0.39, 0.29) is 0 Å².